The Morgan fingerprint density at radius 3 is 2.75 bits per heavy atom. The van der Waals surface area contributed by atoms with Gasteiger partial charge in [-0.15, -0.1) is 0 Å². The molecule has 0 bridgehead atoms. The van der Waals surface area contributed by atoms with Crippen LogP contribution in [0.4, 0.5) is 0 Å². The minimum Gasteiger partial charge on any atom is -0.458 e. The van der Waals surface area contributed by atoms with Gasteiger partial charge in [0.25, 0.3) is 5.56 Å². The first-order chi connectivity index (χ1) is 15.4. The number of aryl methyl sites for hydroxylation is 2. The first-order valence-corrected chi connectivity index (χ1v) is 11.3. The number of cyclic esters (lactones) is 1. The molecule has 2 aliphatic heterocycles. The Morgan fingerprint density at radius 2 is 2.00 bits per heavy atom. The number of rotatable bonds is 2. The predicted octanol–water partition coefficient (Wildman–Crippen LogP) is 2.68. The molecule has 0 spiro atoms. The van der Waals surface area contributed by atoms with Crippen molar-refractivity contribution in [2.45, 2.75) is 57.9 Å². The van der Waals surface area contributed by atoms with Crippen molar-refractivity contribution >= 4 is 28.5 Å². The number of nitrogens with zero attached hydrogens (tertiary/aromatic N) is 2. The fraction of sp³-hybridized carbons (Fsp3) is 0.375. The van der Waals surface area contributed by atoms with Crippen molar-refractivity contribution in [1.29, 1.82) is 0 Å². The molecule has 3 aromatic rings. The fourth-order valence-corrected chi connectivity index (χ4v) is 5.94. The third-order valence-electron chi connectivity index (χ3n) is 7.32. The zero-order valence-corrected chi connectivity index (χ0v) is 18.4. The van der Waals surface area contributed by atoms with E-state index in [2.05, 4.69) is 0 Å². The molecule has 32 heavy (non-hydrogen) atoms. The Balaban J connectivity index is 1.67. The minimum atomic E-state index is -1.83. The Bertz CT molecular complexity index is 1430. The number of benzene rings is 1. The number of hydrogen-bond donors (Lipinski definition) is 2. The lowest BCUT2D eigenvalue weighted by Crippen LogP contribution is -2.44. The van der Waals surface area contributed by atoms with Gasteiger partial charge in [0.2, 0.25) is 0 Å². The molecule has 0 fully saturated rings. The van der Waals surface area contributed by atoms with Crippen molar-refractivity contribution in [3.05, 3.63) is 60.9 Å². The largest absolute Gasteiger partial charge is 0.458 e. The number of pyridine rings is 2. The SMILES string of the molecule is CC[C@@]1(O)C(=O)OCc2c1cc1n(c2=O)Cc2c-1nc1cc(Cl)c(CN)c3c1c2CCC3. The van der Waals surface area contributed by atoms with Gasteiger partial charge in [-0.25, -0.2) is 9.78 Å². The smallest absolute Gasteiger partial charge is 0.343 e. The van der Waals surface area contributed by atoms with Crippen LogP contribution in [0, 0.1) is 0 Å². The van der Waals surface area contributed by atoms with Crippen LogP contribution in [0.3, 0.4) is 0 Å². The Kier molecular flexibility index (Phi) is 4.13. The van der Waals surface area contributed by atoms with Crippen LogP contribution in [-0.2, 0) is 47.7 Å². The summed E-state index contributed by atoms with van der Waals surface area (Å²) in [6.07, 6.45) is 2.89. The number of aliphatic hydroxyl groups is 1. The van der Waals surface area contributed by atoms with Gasteiger partial charge < -0.3 is 20.1 Å². The van der Waals surface area contributed by atoms with E-state index in [1.807, 2.05) is 6.07 Å². The Hall–Kier alpha value is -2.74. The van der Waals surface area contributed by atoms with Crippen molar-refractivity contribution in [2.24, 2.45) is 5.73 Å². The third kappa shape index (κ3) is 2.36. The molecule has 1 aliphatic carbocycles. The van der Waals surface area contributed by atoms with Crippen LogP contribution < -0.4 is 11.3 Å². The number of fused-ring (bicyclic) bond motifs is 5. The molecule has 0 saturated heterocycles. The van der Waals surface area contributed by atoms with Gasteiger partial charge in [-0.3, -0.25) is 4.79 Å². The molecular weight excluding hydrogens is 430 g/mol. The molecule has 8 heteroatoms. The lowest BCUT2D eigenvalue weighted by Gasteiger charge is -2.31. The van der Waals surface area contributed by atoms with Gasteiger partial charge >= 0.3 is 5.97 Å². The van der Waals surface area contributed by atoms with Gasteiger partial charge in [0, 0.05) is 28.1 Å². The summed E-state index contributed by atoms with van der Waals surface area (Å²) in [6, 6.07) is 3.61. The molecule has 0 radical (unpaired) electrons. The molecule has 1 atom stereocenters. The van der Waals surface area contributed by atoms with Crippen LogP contribution in [0.2, 0.25) is 5.02 Å². The number of ether oxygens (including phenoxy) is 1. The molecule has 164 valence electrons. The van der Waals surface area contributed by atoms with Gasteiger partial charge in [-0.05, 0) is 54.5 Å². The first kappa shape index (κ1) is 19.9. The molecule has 7 nitrogen and oxygen atoms in total. The number of aromatic nitrogens is 2. The summed E-state index contributed by atoms with van der Waals surface area (Å²) in [7, 11) is 0. The second-order valence-corrected chi connectivity index (χ2v) is 9.20. The Labute approximate surface area is 188 Å². The van der Waals surface area contributed by atoms with Crippen LogP contribution in [0.25, 0.3) is 22.3 Å². The van der Waals surface area contributed by atoms with Crippen LogP contribution in [0.5, 0.6) is 0 Å². The van der Waals surface area contributed by atoms with Crippen molar-refractivity contribution in [2.75, 3.05) is 0 Å². The lowest BCUT2D eigenvalue weighted by atomic mass is 9.84. The molecular formula is C24H22ClN3O4. The van der Waals surface area contributed by atoms with Crippen LogP contribution >= 0.6 is 11.6 Å². The molecule has 6 rings (SSSR count). The summed E-state index contributed by atoms with van der Waals surface area (Å²) >= 11 is 6.55. The van der Waals surface area contributed by atoms with Crippen LogP contribution in [0.15, 0.2) is 16.9 Å². The van der Waals surface area contributed by atoms with Crippen molar-refractivity contribution in [3.63, 3.8) is 0 Å². The van der Waals surface area contributed by atoms with Gasteiger partial charge in [0.1, 0.15) is 6.61 Å². The summed E-state index contributed by atoms with van der Waals surface area (Å²) in [5.41, 5.74) is 11.1. The molecule has 0 unspecified atom stereocenters. The van der Waals surface area contributed by atoms with Crippen molar-refractivity contribution in [3.8, 4) is 11.4 Å². The third-order valence-corrected chi connectivity index (χ3v) is 7.65. The highest BCUT2D eigenvalue weighted by atomic mass is 35.5. The van der Waals surface area contributed by atoms with E-state index >= 15 is 0 Å². The standard InChI is InChI=1S/C24H22ClN3O4/c1-2-24(31)16-6-19-21-14(9-28(19)22(29)15(16)10-32-23(24)30)12-5-3-4-11-13(8-26)17(25)7-18(27-21)20(11)12/h6-7,31H,2-5,8-10,26H2,1H3/t24-/m0/s1. The zero-order chi connectivity index (χ0) is 22.4. The number of carbonyl (C=O) groups is 1. The lowest BCUT2D eigenvalue weighted by molar-refractivity contribution is -0.172. The summed E-state index contributed by atoms with van der Waals surface area (Å²) in [5.74, 6) is -0.720. The van der Waals surface area contributed by atoms with Crippen LogP contribution in [0.1, 0.15) is 53.1 Å². The topological polar surface area (TPSA) is 107 Å². The summed E-state index contributed by atoms with van der Waals surface area (Å²) < 4.78 is 6.84. The van der Waals surface area contributed by atoms with E-state index in [-0.39, 0.29) is 18.6 Å². The van der Waals surface area contributed by atoms with Crippen molar-refractivity contribution < 1.29 is 14.6 Å². The molecule has 3 aliphatic rings. The predicted molar refractivity (Wildman–Crippen MR) is 119 cm³/mol. The number of hydrogen-bond acceptors (Lipinski definition) is 6. The van der Waals surface area contributed by atoms with E-state index in [4.69, 9.17) is 27.1 Å². The average molecular weight is 452 g/mol. The number of esters is 1. The zero-order valence-electron chi connectivity index (χ0n) is 17.6. The van der Waals surface area contributed by atoms with E-state index in [0.717, 1.165) is 46.9 Å². The molecule has 4 heterocycles. The van der Waals surface area contributed by atoms with E-state index in [1.165, 1.54) is 5.56 Å². The quantitative estimate of drug-likeness (QED) is 0.454. The normalized spacial score (nSPS) is 20.7. The van der Waals surface area contributed by atoms with E-state index in [0.29, 0.717) is 40.6 Å². The summed E-state index contributed by atoms with van der Waals surface area (Å²) in [6.45, 7) is 2.35. The van der Waals surface area contributed by atoms with Gasteiger partial charge in [0.05, 0.1) is 29.0 Å². The Morgan fingerprint density at radius 1 is 1.22 bits per heavy atom. The maximum Gasteiger partial charge on any atom is 0.343 e. The maximum absolute atomic E-state index is 13.4. The molecule has 1 aromatic carbocycles. The molecule has 3 N–H and O–H groups in total. The monoisotopic (exact) mass is 451 g/mol. The fourth-order valence-electron chi connectivity index (χ4n) is 5.64. The van der Waals surface area contributed by atoms with Crippen LogP contribution in [-0.4, -0.2) is 20.6 Å². The van der Waals surface area contributed by atoms with E-state index < -0.39 is 11.6 Å². The van der Waals surface area contributed by atoms with Gasteiger partial charge in [-0.2, -0.15) is 0 Å². The van der Waals surface area contributed by atoms with E-state index in [9.17, 15) is 14.7 Å². The number of carbonyl (C=O) groups excluding carboxylic acids is 1. The average Bonchev–Trinajstić information content (AvgIpc) is 3.16. The first-order valence-electron chi connectivity index (χ1n) is 10.9. The highest BCUT2D eigenvalue weighted by molar-refractivity contribution is 6.32. The number of halogens is 1. The molecule has 2 aromatic heterocycles. The molecule has 0 saturated carbocycles. The van der Waals surface area contributed by atoms with Gasteiger partial charge in [-0.1, -0.05) is 18.5 Å². The van der Waals surface area contributed by atoms with Gasteiger partial charge in [0.15, 0.2) is 5.60 Å². The van der Waals surface area contributed by atoms with Crippen molar-refractivity contribution in [1.82, 2.24) is 9.55 Å². The molecule has 0 amide bonds. The van der Waals surface area contributed by atoms with E-state index in [1.54, 1.807) is 17.6 Å². The maximum atomic E-state index is 13.4. The highest BCUT2D eigenvalue weighted by Crippen LogP contribution is 2.43. The summed E-state index contributed by atoms with van der Waals surface area (Å²) in [5, 5.41) is 12.8. The highest BCUT2D eigenvalue weighted by Gasteiger charge is 2.45. The second-order valence-electron chi connectivity index (χ2n) is 8.79. The number of nitrogens with two attached hydrogens (primary N) is 1. The minimum absolute atomic E-state index is 0.117. The second kappa shape index (κ2) is 6.63. The summed E-state index contributed by atoms with van der Waals surface area (Å²) in [4.78, 5) is 30.7.